The van der Waals surface area contributed by atoms with Crippen molar-refractivity contribution in [2.45, 2.75) is 26.1 Å². The van der Waals surface area contributed by atoms with E-state index in [1.165, 1.54) is 6.07 Å². The first-order valence-electron chi connectivity index (χ1n) is 5.97. The van der Waals surface area contributed by atoms with E-state index >= 15 is 0 Å². The van der Waals surface area contributed by atoms with Crippen molar-refractivity contribution in [2.75, 3.05) is 13.1 Å². The molecular weight excluding hydrogens is 292 g/mol. The number of amides is 1. The van der Waals surface area contributed by atoms with Gasteiger partial charge in [0.05, 0.1) is 27.8 Å². The predicted molar refractivity (Wildman–Crippen MR) is 72.3 cm³/mol. The molecule has 0 radical (unpaired) electrons. The molecule has 2 unspecified atom stereocenters. The van der Waals surface area contributed by atoms with Crippen LogP contribution in [-0.4, -0.2) is 36.1 Å². The molecular formula is C13H14Cl2FNO2. The minimum atomic E-state index is -0.649. The van der Waals surface area contributed by atoms with Crippen molar-refractivity contribution in [3.63, 3.8) is 0 Å². The lowest BCUT2D eigenvalue weighted by Crippen LogP contribution is -2.48. The van der Waals surface area contributed by atoms with E-state index in [0.717, 1.165) is 6.07 Å². The summed E-state index contributed by atoms with van der Waals surface area (Å²) in [7, 11) is 0. The average Bonchev–Trinajstić information content (AvgIpc) is 2.31. The second-order valence-electron chi connectivity index (χ2n) is 4.71. The number of carbonyl (C=O) groups is 1. The van der Waals surface area contributed by atoms with Gasteiger partial charge in [0.15, 0.2) is 0 Å². The van der Waals surface area contributed by atoms with Gasteiger partial charge in [0.1, 0.15) is 5.82 Å². The smallest absolute Gasteiger partial charge is 0.255 e. The van der Waals surface area contributed by atoms with Crippen molar-refractivity contribution >= 4 is 29.1 Å². The fourth-order valence-corrected chi connectivity index (χ4v) is 2.66. The van der Waals surface area contributed by atoms with Crippen LogP contribution in [0.4, 0.5) is 4.39 Å². The third kappa shape index (κ3) is 3.19. The van der Waals surface area contributed by atoms with Gasteiger partial charge in [0.25, 0.3) is 5.91 Å². The van der Waals surface area contributed by atoms with Gasteiger partial charge in [0, 0.05) is 13.1 Å². The molecule has 1 amide bonds. The molecule has 0 aliphatic carbocycles. The molecule has 0 N–H and O–H groups in total. The molecule has 2 rings (SSSR count). The summed E-state index contributed by atoms with van der Waals surface area (Å²) in [6.45, 7) is 4.70. The number of morpholine rings is 1. The van der Waals surface area contributed by atoms with E-state index in [4.69, 9.17) is 27.9 Å². The lowest BCUT2D eigenvalue weighted by molar-refractivity contribution is -0.0586. The molecule has 1 heterocycles. The highest BCUT2D eigenvalue weighted by Gasteiger charge is 2.28. The summed E-state index contributed by atoms with van der Waals surface area (Å²) >= 11 is 11.6. The molecule has 1 saturated heterocycles. The minimum Gasteiger partial charge on any atom is -0.372 e. The molecule has 0 spiro atoms. The van der Waals surface area contributed by atoms with Crippen molar-refractivity contribution in [3.8, 4) is 0 Å². The normalized spacial score (nSPS) is 23.5. The van der Waals surface area contributed by atoms with Crippen LogP contribution in [0, 0.1) is 5.82 Å². The first-order chi connectivity index (χ1) is 8.88. The molecule has 0 saturated carbocycles. The second-order valence-corrected chi connectivity index (χ2v) is 5.53. The van der Waals surface area contributed by atoms with Gasteiger partial charge >= 0.3 is 0 Å². The number of benzene rings is 1. The Bertz CT molecular complexity index is 500. The Morgan fingerprint density at radius 2 is 1.84 bits per heavy atom. The van der Waals surface area contributed by atoms with Gasteiger partial charge in [-0.15, -0.1) is 0 Å². The van der Waals surface area contributed by atoms with Crippen molar-refractivity contribution in [1.29, 1.82) is 0 Å². The predicted octanol–water partition coefficient (Wildman–Crippen LogP) is 3.38. The summed E-state index contributed by atoms with van der Waals surface area (Å²) < 4.78 is 19.0. The first kappa shape index (κ1) is 14.6. The number of nitrogens with zero attached hydrogens (tertiary/aromatic N) is 1. The van der Waals surface area contributed by atoms with Crippen LogP contribution in [0.5, 0.6) is 0 Å². The highest BCUT2D eigenvalue weighted by atomic mass is 35.5. The van der Waals surface area contributed by atoms with Gasteiger partial charge in [-0.2, -0.15) is 0 Å². The monoisotopic (exact) mass is 305 g/mol. The molecule has 19 heavy (non-hydrogen) atoms. The maximum atomic E-state index is 13.5. The SMILES string of the molecule is CC1CN(C(=O)c2cc(F)c(Cl)cc2Cl)CC(C)O1. The zero-order valence-corrected chi connectivity index (χ0v) is 12.1. The molecule has 1 aromatic carbocycles. The topological polar surface area (TPSA) is 29.5 Å². The number of ether oxygens (including phenoxy) is 1. The summed E-state index contributed by atoms with van der Waals surface area (Å²) in [6.07, 6.45) is -0.104. The van der Waals surface area contributed by atoms with Gasteiger partial charge in [-0.1, -0.05) is 23.2 Å². The summed E-state index contributed by atoms with van der Waals surface area (Å²) in [4.78, 5) is 14.0. The summed E-state index contributed by atoms with van der Waals surface area (Å²) in [5, 5.41) is 0.0634. The van der Waals surface area contributed by atoms with Crippen LogP contribution in [0.2, 0.25) is 10.0 Å². The van der Waals surface area contributed by atoms with Crippen LogP contribution in [-0.2, 0) is 4.74 Å². The Labute approximate surface area is 121 Å². The largest absolute Gasteiger partial charge is 0.372 e. The molecule has 1 aromatic rings. The molecule has 1 aliphatic heterocycles. The molecule has 104 valence electrons. The van der Waals surface area contributed by atoms with E-state index < -0.39 is 5.82 Å². The van der Waals surface area contributed by atoms with Gasteiger partial charge in [0.2, 0.25) is 0 Å². The Morgan fingerprint density at radius 3 is 2.42 bits per heavy atom. The van der Waals surface area contributed by atoms with Gasteiger partial charge in [-0.3, -0.25) is 4.79 Å². The van der Waals surface area contributed by atoms with Crippen molar-refractivity contribution in [1.82, 2.24) is 4.90 Å². The molecule has 0 aromatic heterocycles. The zero-order chi connectivity index (χ0) is 14.2. The molecule has 2 atom stereocenters. The molecule has 1 fully saturated rings. The van der Waals surface area contributed by atoms with E-state index in [2.05, 4.69) is 0 Å². The highest BCUT2D eigenvalue weighted by molar-refractivity contribution is 6.36. The standard InChI is InChI=1S/C13H14Cl2FNO2/c1-7-5-17(6-8(2)19-7)13(18)9-3-12(16)11(15)4-10(9)14/h3-4,7-8H,5-6H2,1-2H3. The number of rotatable bonds is 1. The molecule has 6 heteroatoms. The van der Waals surface area contributed by atoms with Crippen molar-refractivity contribution in [3.05, 3.63) is 33.6 Å². The quantitative estimate of drug-likeness (QED) is 0.744. The minimum absolute atomic E-state index is 0.0522. The van der Waals surface area contributed by atoms with Gasteiger partial charge in [-0.05, 0) is 26.0 Å². The van der Waals surface area contributed by atoms with E-state index in [1.54, 1.807) is 4.90 Å². The van der Waals surface area contributed by atoms with Gasteiger partial charge < -0.3 is 9.64 Å². The zero-order valence-electron chi connectivity index (χ0n) is 10.6. The Hall–Kier alpha value is -0.840. The number of hydrogen-bond donors (Lipinski definition) is 0. The maximum Gasteiger partial charge on any atom is 0.255 e. The summed E-state index contributed by atoms with van der Waals surface area (Å²) in [5.74, 6) is -0.952. The van der Waals surface area contributed by atoms with Crippen LogP contribution >= 0.6 is 23.2 Å². The van der Waals surface area contributed by atoms with E-state index in [9.17, 15) is 9.18 Å². The van der Waals surface area contributed by atoms with Gasteiger partial charge in [-0.25, -0.2) is 4.39 Å². The summed E-state index contributed by atoms with van der Waals surface area (Å²) in [5.41, 5.74) is 0.130. The Kier molecular flexibility index (Phi) is 4.33. The average molecular weight is 306 g/mol. The van der Waals surface area contributed by atoms with Crippen LogP contribution in [0.3, 0.4) is 0 Å². The Morgan fingerprint density at radius 1 is 1.26 bits per heavy atom. The van der Waals surface area contributed by atoms with Crippen LogP contribution < -0.4 is 0 Å². The second kappa shape index (κ2) is 5.65. The van der Waals surface area contributed by atoms with Crippen LogP contribution in [0.15, 0.2) is 12.1 Å². The molecule has 0 bridgehead atoms. The number of halogens is 3. The van der Waals surface area contributed by atoms with Crippen LogP contribution in [0.1, 0.15) is 24.2 Å². The highest BCUT2D eigenvalue weighted by Crippen LogP contribution is 2.26. The first-order valence-corrected chi connectivity index (χ1v) is 6.73. The fraction of sp³-hybridized carbons (Fsp3) is 0.462. The van der Waals surface area contributed by atoms with Crippen molar-refractivity contribution < 1.29 is 13.9 Å². The van der Waals surface area contributed by atoms with E-state index in [0.29, 0.717) is 13.1 Å². The lowest BCUT2D eigenvalue weighted by atomic mass is 10.1. The van der Waals surface area contributed by atoms with Crippen molar-refractivity contribution in [2.24, 2.45) is 0 Å². The third-order valence-corrected chi connectivity index (χ3v) is 3.55. The molecule has 1 aliphatic rings. The number of hydrogen-bond acceptors (Lipinski definition) is 2. The fourth-order valence-electron chi connectivity index (χ4n) is 2.20. The number of carbonyl (C=O) groups excluding carboxylic acids is 1. The van der Waals surface area contributed by atoms with Crippen LogP contribution in [0.25, 0.3) is 0 Å². The maximum absolute atomic E-state index is 13.5. The Balaban J connectivity index is 2.26. The third-order valence-electron chi connectivity index (χ3n) is 2.95. The summed E-state index contributed by atoms with van der Waals surface area (Å²) in [6, 6.07) is 2.33. The molecule has 3 nitrogen and oxygen atoms in total. The van der Waals surface area contributed by atoms with E-state index in [1.807, 2.05) is 13.8 Å². The lowest BCUT2D eigenvalue weighted by Gasteiger charge is -2.35. The van der Waals surface area contributed by atoms with E-state index in [-0.39, 0.29) is 33.7 Å².